The highest BCUT2D eigenvalue weighted by Crippen LogP contribution is 2.29. The van der Waals surface area contributed by atoms with Gasteiger partial charge in [-0.1, -0.05) is 30.3 Å². The summed E-state index contributed by atoms with van der Waals surface area (Å²) in [5, 5.41) is 6.40. The molecule has 1 fully saturated rings. The Morgan fingerprint density at radius 1 is 1.33 bits per heavy atom. The molecule has 0 aliphatic carbocycles. The number of likely N-dealkylation sites (tertiary alicyclic amines) is 1. The molecule has 0 bridgehead atoms. The molecule has 0 radical (unpaired) electrons. The number of H-pyrrole nitrogens is 1. The number of carbonyl (C=O) groups excluding carboxylic acids is 1. The molecule has 1 aliphatic heterocycles. The first-order chi connectivity index (χ1) is 10.3. The van der Waals surface area contributed by atoms with Crippen molar-refractivity contribution in [3.8, 4) is 0 Å². The van der Waals surface area contributed by atoms with Gasteiger partial charge < -0.3 is 4.90 Å². The molecule has 1 saturated heterocycles. The zero-order valence-corrected chi connectivity index (χ0v) is 12.5. The van der Waals surface area contributed by atoms with Gasteiger partial charge in [0.25, 0.3) is 0 Å². The number of hydrogen-bond acceptors (Lipinski definition) is 2. The third kappa shape index (κ3) is 3.10. The maximum Gasteiger partial charge on any atom is 0.245 e. The lowest BCUT2D eigenvalue weighted by Gasteiger charge is -2.33. The number of amides is 1. The normalized spacial score (nSPS) is 20.2. The molecule has 4 nitrogen and oxygen atoms in total. The summed E-state index contributed by atoms with van der Waals surface area (Å²) in [6.07, 6.45) is 3.82. The van der Waals surface area contributed by atoms with Gasteiger partial charge in [0.1, 0.15) is 5.38 Å². The summed E-state index contributed by atoms with van der Waals surface area (Å²) in [7, 11) is 0. The molecule has 1 aliphatic rings. The third-order valence-corrected chi connectivity index (χ3v) is 4.44. The van der Waals surface area contributed by atoms with Gasteiger partial charge in [0.15, 0.2) is 0 Å². The number of halogens is 1. The van der Waals surface area contributed by atoms with Crippen LogP contribution >= 0.6 is 11.6 Å². The Hall–Kier alpha value is -1.81. The van der Waals surface area contributed by atoms with Crippen molar-refractivity contribution in [3.05, 3.63) is 53.9 Å². The number of aromatic amines is 1. The maximum atomic E-state index is 12.6. The van der Waals surface area contributed by atoms with Crippen molar-refractivity contribution >= 4 is 17.5 Å². The summed E-state index contributed by atoms with van der Waals surface area (Å²) >= 11 is 6.35. The number of rotatable bonds is 3. The molecule has 2 atom stereocenters. The van der Waals surface area contributed by atoms with E-state index in [4.69, 9.17) is 11.6 Å². The summed E-state index contributed by atoms with van der Waals surface area (Å²) in [4.78, 5) is 14.5. The Morgan fingerprint density at radius 3 is 2.86 bits per heavy atom. The van der Waals surface area contributed by atoms with Crippen molar-refractivity contribution in [1.29, 1.82) is 0 Å². The van der Waals surface area contributed by atoms with Gasteiger partial charge in [-0.3, -0.25) is 9.89 Å². The molecule has 21 heavy (non-hydrogen) atoms. The molecule has 0 saturated carbocycles. The molecule has 5 heteroatoms. The second-order valence-corrected chi connectivity index (χ2v) is 5.85. The first-order valence-corrected chi connectivity index (χ1v) is 7.66. The Morgan fingerprint density at radius 2 is 2.14 bits per heavy atom. The first-order valence-electron chi connectivity index (χ1n) is 7.23. The molecule has 1 aromatic carbocycles. The van der Waals surface area contributed by atoms with Gasteiger partial charge in [-0.15, -0.1) is 11.6 Å². The van der Waals surface area contributed by atoms with E-state index in [1.165, 1.54) is 0 Å². The first kappa shape index (κ1) is 14.1. The Balaban J connectivity index is 1.70. The van der Waals surface area contributed by atoms with Gasteiger partial charge in [0.05, 0.1) is 0 Å². The highest BCUT2D eigenvalue weighted by atomic mass is 35.5. The van der Waals surface area contributed by atoms with Gasteiger partial charge >= 0.3 is 0 Å². The zero-order valence-electron chi connectivity index (χ0n) is 11.7. The minimum atomic E-state index is -0.605. The van der Waals surface area contributed by atoms with E-state index in [2.05, 4.69) is 10.2 Å². The molecule has 2 heterocycles. The van der Waals surface area contributed by atoms with Crippen molar-refractivity contribution in [1.82, 2.24) is 15.1 Å². The Labute approximate surface area is 129 Å². The van der Waals surface area contributed by atoms with Crippen LogP contribution in [0.4, 0.5) is 0 Å². The number of carbonyl (C=O) groups is 1. The molecule has 2 unspecified atom stereocenters. The molecule has 2 aromatic rings. The lowest BCUT2D eigenvalue weighted by Crippen LogP contribution is -2.40. The van der Waals surface area contributed by atoms with E-state index in [0.29, 0.717) is 12.5 Å². The maximum absolute atomic E-state index is 12.6. The number of nitrogens with zero attached hydrogens (tertiary/aromatic N) is 2. The second kappa shape index (κ2) is 6.31. The van der Waals surface area contributed by atoms with Crippen LogP contribution in [0.3, 0.4) is 0 Å². The minimum Gasteiger partial charge on any atom is -0.340 e. The number of aromatic nitrogens is 2. The van der Waals surface area contributed by atoms with E-state index in [9.17, 15) is 4.79 Å². The average molecular weight is 304 g/mol. The summed E-state index contributed by atoms with van der Waals surface area (Å²) in [5.41, 5.74) is 1.95. The van der Waals surface area contributed by atoms with E-state index in [1.807, 2.05) is 41.3 Å². The molecule has 3 rings (SSSR count). The largest absolute Gasteiger partial charge is 0.340 e. The van der Waals surface area contributed by atoms with Crippen molar-refractivity contribution < 1.29 is 4.79 Å². The molecule has 0 spiro atoms. The molecule has 1 aromatic heterocycles. The van der Waals surface area contributed by atoms with Crippen LogP contribution in [-0.2, 0) is 4.79 Å². The lowest BCUT2D eigenvalue weighted by atomic mass is 9.94. The lowest BCUT2D eigenvalue weighted by molar-refractivity contribution is -0.132. The van der Waals surface area contributed by atoms with Gasteiger partial charge in [-0.25, -0.2) is 0 Å². The molecule has 110 valence electrons. The molecular weight excluding hydrogens is 286 g/mol. The topological polar surface area (TPSA) is 49.0 Å². The Kier molecular flexibility index (Phi) is 4.25. The van der Waals surface area contributed by atoms with Gasteiger partial charge in [0, 0.05) is 30.9 Å². The summed E-state index contributed by atoms with van der Waals surface area (Å²) in [6.45, 7) is 1.48. The van der Waals surface area contributed by atoms with Crippen LogP contribution in [0.15, 0.2) is 42.6 Å². The summed E-state index contributed by atoms with van der Waals surface area (Å²) in [6, 6.07) is 11.5. The molecule has 1 amide bonds. The van der Waals surface area contributed by atoms with Crippen LogP contribution in [0.5, 0.6) is 0 Å². The molecule has 1 N–H and O–H groups in total. The minimum absolute atomic E-state index is 0.00733. The Bertz CT molecular complexity index is 585. The van der Waals surface area contributed by atoms with E-state index in [1.54, 1.807) is 6.20 Å². The number of benzene rings is 1. The highest BCUT2D eigenvalue weighted by molar-refractivity contribution is 6.30. The fraction of sp³-hybridized carbons (Fsp3) is 0.375. The van der Waals surface area contributed by atoms with E-state index in [-0.39, 0.29) is 5.91 Å². The van der Waals surface area contributed by atoms with Crippen LogP contribution in [0.1, 0.15) is 35.4 Å². The van der Waals surface area contributed by atoms with Gasteiger partial charge in [-0.05, 0) is 24.5 Å². The summed E-state index contributed by atoms with van der Waals surface area (Å²) < 4.78 is 0. The fourth-order valence-electron chi connectivity index (χ4n) is 2.85. The van der Waals surface area contributed by atoms with Crippen molar-refractivity contribution in [2.75, 3.05) is 13.1 Å². The quantitative estimate of drug-likeness (QED) is 0.886. The number of nitrogens with one attached hydrogen (secondary N) is 1. The van der Waals surface area contributed by atoms with Crippen LogP contribution in [0, 0.1) is 0 Å². The van der Waals surface area contributed by atoms with Gasteiger partial charge in [0.2, 0.25) is 5.91 Å². The van der Waals surface area contributed by atoms with Crippen LogP contribution in [0.25, 0.3) is 0 Å². The number of hydrogen-bond donors (Lipinski definition) is 1. The van der Waals surface area contributed by atoms with Crippen LogP contribution in [-0.4, -0.2) is 34.1 Å². The SMILES string of the molecule is O=C(C(Cl)c1ccccc1)N1CCCC(c2ccn[nH]2)C1. The highest BCUT2D eigenvalue weighted by Gasteiger charge is 2.29. The van der Waals surface area contributed by atoms with E-state index in [0.717, 1.165) is 30.6 Å². The second-order valence-electron chi connectivity index (χ2n) is 5.41. The number of alkyl halides is 1. The smallest absolute Gasteiger partial charge is 0.245 e. The standard InChI is InChI=1S/C16H18ClN3O/c17-15(12-5-2-1-3-6-12)16(21)20-10-4-7-13(11-20)14-8-9-18-19-14/h1-3,5-6,8-9,13,15H,4,7,10-11H2,(H,18,19). The predicted octanol–water partition coefficient (Wildman–Crippen LogP) is 3.10. The molecular formula is C16H18ClN3O. The van der Waals surface area contributed by atoms with Crippen molar-refractivity contribution in [2.24, 2.45) is 0 Å². The monoisotopic (exact) mass is 303 g/mol. The number of piperidine rings is 1. The average Bonchev–Trinajstić information content (AvgIpc) is 3.09. The summed E-state index contributed by atoms with van der Waals surface area (Å²) in [5.74, 6) is 0.317. The van der Waals surface area contributed by atoms with Gasteiger partial charge in [-0.2, -0.15) is 5.10 Å². The van der Waals surface area contributed by atoms with E-state index >= 15 is 0 Å². The third-order valence-electron chi connectivity index (χ3n) is 4.00. The predicted molar refractivity (Wildman–Crippen MR) is 82.2 cm³/mol. The zero-order chi connectivity index (χ0) is 14.7. The van der Waals surface area contributed by atoms with Crippen molar-refractivity contribution in [2.45, 2.75) is 24.1 Å². The van der Waals surface area contributed by atoms with Crippen LogP contribution < -0.4 is 0 Å². The van der Waals surface area contributed by atoms with E-state index < -0.39 is 5.38 Å². The van der Waals surface area contributed by atoms with Crippen LogP contribution in [0.2, 0.25) is 0 Å². The van der Waals surface area contributed by atoms with Crippen molar-refractivity contribution in [3.63, 3.8) is 0 Å². The fourth-order valence-corrected chi connectivity index (χ4v) is 3.13.